The van der Waals surface area contributed by atoms with Gasteiger partial charge in [0.15, 0.2) is 0 Å². The van der Waals surface area contributed by atoms with Crippen LogP contribution in [0.4, 0.5) is 5.69 Å². The minimum absolute atomic E-state index is 0.159. The molecule has 0 aliphatic rings. The molecule has 3 rings (SSSR count). The van der Waals surface area contributed by atoms with Crippen molar-refractivity contribution in [3.63, 3.8) is 0 Å². The third kappa shape index (κ3) is 4.18. The van der Waals surface area contributed by atoms with Crippen molar-refractivity contribution in [2.45, 2.75) is 0 Å². The Morgan fingerprint density at radius 3 is 2.42 bits per heavy atom. The first kappa shape index (κ1) is 17.9. The summed E-state index contributed by atoms with van der Waals surface area (Å²) in [4.78, 5) is 17.3. The van der Waals surface area contributed by atoms with Gasteiger partial charge in [-0.1, -0.05) is 59.8 Å². The number of nitrogens with zero attached hydrogens (tertiary/aromatic N) is 1. The number of nitrogens with one attached hydrogen (secondary N) is 1. The fourth-order valence-electron chi connectivity index (χ4n) is 2.54. The highest BCUT2D eigenvalue weighted by Crippen LogP contribution is 2.29. The Morgan fingerprint density at radius 1 is 1.00 bits per heavy atom. The number of anilines is 1. The summed E-state index contributed by atoms with van der Waals surface area (Å²) in [5.41, 5.74) is 4.23. The van der Waals surface area contributed by atoms with Gasteiger partial charge < -0.3 is 10.2 Å². The topological polar surface area (TPSA) is 50.7 Å². The molecular weight excluding hydrogens is 392 g/mol. The van der Waals surface area contributed by atoms with E-state index in [1.807, 2.05) is 66.7 Å². The maximum atomic E-state index is 12.6. The average molecular weight is 409 g/mol. The van der Waals surface area contributed by atoms with E-state index in [1.165, 1.54) is 7.11 Å². The molecule has 0 aliphatic carbocycles. The van der Waals surface area contributed by atoms with Crippen molar-refractivity contribution in [3.8, 4) is 11.1 Å². The van der Waals surface area contributed by atoms with Gasteiger partial charge in [0.1, 0.15) is 7.11 Å². The Hall–Kier alpha value is -2.92. The number of amides is 1. The summed E-state index contributed by atoms with van der Waals surface area (Å²) in [5.74, 6) is -0.159. The van der Waals surface area contributed by atoms with Crippen LogP contribution in [0.2, 0.25) is 0 Å². The molecule has 0 fully saturated rings. The van der Waals surface area contributed by atoms with E-state index < -0.39 is 0 Å². The molecule has 130 valence electrons. The van der Waals surface area contributed by atoms with E-state index >= 15 is 0 Å². The summed E-state index contributed by atoms with van der Waals surface area (Å²) in [6.45, 7) is 0. The normalized spacial score (nSPS) is 10.7. The number of rotatable bonds is 5. The van der Waals surface area contributed by atoms with Crippen molar-refractivity contribution in [1.82, 2.24) is 0 Å². The van der Waals surface area contributed by atoms with Crippen LogP contribution in [0, 0.1) is 0 Å². The number of hydrogen-bond donors (Lipinski definition) is 1. The van der Waals surface area contributed by atoms with Crippen LogP contribution < -0.4 is 5.32 Å². The smallest absolute Gasteiger partial charge is 0.256 e. The van der Waals surface area contributed by atoms with Gasteiger partial charge in [0, 0.05) is 15.7 Å². The van der Waals surface area contributed by atoms with E-state index in [2.05, 4.69) is 26.4 Å². The zero-order valence-corrected chi connectivity index (χ0v) is 15.7. The van der Waals surface area contributed by atoms with Crippen LogP contribution in [0.3, 0.4) is 0 Å². The molecule has 0 saturated heterocycles. The number of oxime groups is 1. The van der Waals surface area contributed by atoms with Gasteiger partial charge in [-0.15, -0.1) is 0 Å². The van der Waals surface area contributed by atoms with E-state index in [0.717, 1.165) is 26.9 Å². The molecule has 0 aliphatic heterocycles. The zero-order chi connectivity index (χ0) is 18.4. The molecule has 0 aromatic heterocycles. The van der Waals surface area contributed by atoms with Gasteiger partial charge in [0.05, 0.1) is 11.8 Å². The molecule has 26 heavy (non-hydrogen) atoms. The number of halogens is 1. The van der Waals surface area contributed by atoms with Gasteiger partial charge in [0.2, 0.25) is 0 Å². The lowest BCUT2D eigenvalue weighted by Crippen LogP contribution is -2.13. The summed E-state index contributed by atoms with van der Waals surface area (Å²) in [7, 11) is 1.51. The Bertz CT molecular complexity index is 937. The van der Waals surface area contributed by atoms with Crippen LogP contribution >= 0.6 is 15.9 Å². The lowest BCUT2D eigenvalue weighted by atomic mass is 10.0. The number of hydrogen-bond acceptors (Lipinski definition) is 3. The van der Waals surface area contributed by atoms with Crippen LogP contribution in [-0.2, 0) is 4.84 Å². The van der Waals surface area contributed by atoms with Crippen LogP contribution in [0.5, 0.6) is 0 Å². The van der Waals surface area contributed by atoms with Crippen molar-refractivity contribution >= 4 is 33.7 Å². The van der Waals surface area contributed by atoms with Crippen molar-refractivity contribution in [2.75, 3.05) is 12.4 Å². The number of para-hydroxylation sites is 1. The molecular formula is C21H17BrN2O2. The second kappa shape index (κ2) is 8.45. The van der Waals surface area contributed by atoms with Gasteiger partial charge in [-0.3, -0.25) is 4.79 Å². The Balaban J connectivity index is 1.88. The van der Waals surface area contributed by atoms with Gasteiger partial charge in [0.25, 0.3) is 5.91 Å². The van der Waals surface area contributed by atoms with Gasteiger partial charge >= 0.3 is 0 Å². The minimum Gasteiger partial charge on any atom is -0.399 e. The Kier molecular flexibility index (Phi) is 5.81. The summed E-state index contributed by atoms with van der Waals surface area (Å²) >= 11 is 3.42. The maximum absolute atomic E-state index is 12.6. The number of benzene rings is 3. The third-order valence-electron chi connectivity index (χ3n) is 3.82. The average Bonchev–Trinajstić information content (AvgIpc) is 2.67. The van der Waals surface area contributed by atoms with Crippen LogP contribution in [0.25, 0.3) is 11.1 Å². The second-order valence-electron chi connectivity index (χ2n) is 5.52. The van der Waals surface area contributed by atoms with E-state index in [9.17, 15) is 4.79 Å². The molecule has 0 atom stereocenters. The highest BCUT2D eigenvalue weighted by atomic mass is 79.9. The largest absolute Gasteiger partial charge is 0.399 e. The van der Waals surface area contributed by atoms with E-state index in [4.69, 9.17) is 4.84 Å². The lowest BCUT2D eigenvalue weighted by molar-refractivity contribution is 0.102. The highest BCUT2D eigenvalue weighted by Gasteiger charge is 2.12. The molecule has 0 saturated carbocycles. The highest BCUT2D eigenvalue weighted by molar-refractivity contribution is 9.10. The maximum Gasteiger partial charge on any atom is 0.256 e. The molecule has 1 amide bonds. The van der Waals surface area contributed by atoms with Gasteiger partial charge in [-0.25, -0.2) is 0 Å². The fraction of sp³-hybridized carbons (Fsp3) is 0.0476. The van der Waals surface area contributed by atoms with E-state index in [0.29, 0.717) is 5.56 Å². The molecule has 0 bridgehead atoms. The summed E-state index contributed by atoms with van der Waals surface area (Å²) in [6, 6.07) is 22.9. The van der Waals surface area contributed by atoms with Crippen molar-refractivity contribution in [1.29, 1.82) is 0 Å². The Labute approximate surface area is 160 Å². The molecule has 4 nitrogen and oxygen atoms in total. The van der Waals surface area contributed by atoms with Crippen LogP contribution in [0.15, 0.2) is 82.4 Å². The monoisotopic (exact) mass is 408 g/mol. The van der Waals surface area contributed by atoms with Crippen LogP contribution in [0.1, 0.15) is 15.9 Å². The van der Waals surface area contributed by atoms with E-state index in [-0.39, 0.29) is 5.91 Å². The number of carbonyl (C=O) groups is 1. The van der Waals surface area contributed by atoms with Crippen molar-refractivity contribution < 1.29 is 9.63 Å². The Morgan fingerprint density at radius 2 is 1.69 bits per heavy atom. The fourth-order valence-corrected chi connectivity index (χ4v) is 3.01. The minimum atomic E-state index is -0.159. The van der Waals surface area contributed by atoms with Gasteiger partial charge in [-0.2, -0.15) is 0 Å². The predicted molar refractivity (Wildman–Crippen MR) is 109 cm³/mol. The van der Waals surface area contributed by atoms with Crippen LogP contribution in [-0.4, -0.2) is 19.2 Å². The second-order valence-corrected chi connectivity index (χ2v) is 6.37. The predicted octanol–water partition coefficient (Wildman–Crippen LogP) is 5.35. The van der Waals surface area contributed by atoms with Crippen molar-refractivity contribution in [2.24, 2.45) is 5.16 Å². The summed E-state index contributed by atoms with van der Waals surface area (Å²) in [6.07, 6.45) is 1.64. The molecule has 0 spiro atoms. The summed E-state index contributed by atoms with van der Waals surface area (Å²) < 4.78 is 0.761. The van der Waals surface area contributed by atoms with E-state index in [1.54, 1.807) is 12.3 Å². The first-order chi connectivity index (χ1) is 12.7. The molecule has 5 heteroatoms. The first-order valence-electron chi connectivity index (χ1n) is 8.01. The molecule has 1 N–H and O–H groups in total. The van der Waals surface area contributed by atoms with Gasteiger partial charge in [-0.05, 0) is 45.3 Å². The number of carbonyl (C=O) groups excluding carboxylic acids is 1. The molecule has 0 radical (unpaired) electrons. The lowest BCUT2D eigenvalue weighted by Gasteiger charge is -2.12. The zero-order valence-electron chi connectivity index (χ0n) is 14.1. The first-order valence-corrected chi connectivity index (χ1v) is 8.80. The quantitative estimate of drug-likeness (QED) is 0.456. The molecule has 0 unspecified atom stereocenters. The standard InChI is InChI=1S/C21H17BrN2O2/c1-26-23-14-15-10-12-16(13-11-15)17-6-3-5-9-20(17)24-21(25)18-7-2-4-8-19(18)22/h2-14H,1H3,(H,24,25)/b23-14+. The SMILES string of the molecule is CO/N=C/c1ccc(-c2ccccc2NC(=O)c2ccccc2Br)cc1. The molecule has 0 heterocycles. The molecule has 3 aromatic rings. The third-order valence-corrected chi connectivity index (χ3v) is 4.51. The van der Waals surface area contributed by atoms with Crippen molar-refractivity contribution in [3.05, 3.63) is 88.4 Å². The summed E-state index contributed by atoms with van der Waals surface area (Å²) in [5, 5.41) is 6.76. The molecule has 3 aromatic carbocycles.